The minimum absolute atomic E-state index is 0.128. The summed E-state index contributed by atoms with van der Waals surface area (Å²) in [5.41, 5.74) is 1.23. The molecule has 1 aliphatic rings. The van der Waals surface area contributed by atoms with Crippen molar-refractivity contribution in [1.82, 2.24) is 14.8 Å². The number of esters is 1. The Labute approximate surface area is 166 Å². The fraction of sp³-hybridized carbons (Fsp3) is 0.389. The van der Waals surface area contributed by atoms with E-state index in [0.717, 1.165) is 6.42 Å². The van der Waals surface area contributed by atoms with Gasteiger partial charge in [-0.1, -0.05) is 24.9 Å². The number of nitro groups is 1. The minimum atomic E-state index is -0.787. The average molecular weight is 406 g/mol. The van der Waals surface area contributed by atoms with E-state index in [0.29, 0.717) is 35.0 Å². The Morgan fingerprint density at radius 1 is 1.43 bits per heavy atom. The number of nitrogens with zero attached hydrogens (tertiary/aromatic N) is 4. The summed E-state index contributed by atoms with van der Waals surface area (Å²) in [7, 11) is 0. The van der Waals surface area contributed by atoms with Gasteiger partial charge in [-0.25, -0.2) is 9.48 Å². The molecule has 2 heterocycles. The molecule has 1 aromatic carbocycles. The van der Waals surface area contributed by atoms with Gasteiger partial charge in [-0.2, -0.15) is 10.1 Å². The molecule has 0 aliphatic carbocycles. The predicted molar refractivity (Wildman–Crippen MR) is 103 cm³/mol. The van der Waals surface area contributed by atoms with Crippen molar-refractivity contribution in [2.45, 2.75) is 39.7 Å². The van der Waals surface area contributed by atoms with Gasteiger partial charge in [0.05, 0.1) is 17.1 Å². The van der Waals surface area contributed by atoms with Crippen LogP contribution in [0.15, 0.2) is 29.5 Å². The van der Waals surface area contributed by atoms with Crippen LogP contribution in [0.3, 0.4) is 0 Å². The molecule has 28 heavy (non-hydrogen) atoms. The number of aromatic nitrogens is 3. The van der Waals surface area contributed by atoms with Crippen molar-refractivity contribution in [3.8, 4) is 0 Å². The lowest BCUT2D eigenvalue weighted by atomic mass is 9.93. The van der Waals surface area contributed by atoms with Crippen LogP contribution in [0.2, 0.25) is 5.02 Å². The summed E-state index contributed by atoms with van der Waals surface area (Å²) in [6, 6.07) is 3.34. The van der Waals surface area contributed by atoms with E-state index in [1.54, 1.807) is 13.8 Å². The van der Waals surface area contributed by atoms with Crippen LogP contribution >= 0.6 is 11.6 Å². The molecular weight excluding hydrogens is 386 g/mol. The van der Waals surface area contributed by atoms with E-state index in [9.17, 15) is 14.9 Å². The van der Waals surface area contributed by atoms with Crippen molar-refractivity contribution in [2.24, 2.45) is 0 Å². The summed E-state index contributed by atoms with van der Waals surface area (Å²) in [6.45, 7) is 5.62. The lowest BCUT2D eigenvalue weighted by Gasteiger charge is -2.29. The molecule has 9 nitrogen and oxygen atoms in total. The highest BCUT2D eigenvalue weighted by molar-refractivity contribution is 6.31. The second-order valence-electron chi connectivity index (χ2n) is 6.28. The summed E-state index contributed by atoms with van der Waals surface area (Å²) in [4.78, 5) is 28.0. The summed E-state index contributed by atoms with van der Waals surface area (Å²) in [6.07, 6.45) is 1.34. The highest BCUT2D eigenvalue weighted by Crippen LogP contribution is 2.40. The molecule has 0 bridgehead atoms. The van der Waals surface area contributed by atoms with Gasteiger partial charge in [-0.3, -0.25) is 10.1 Å². The molecule has 0 saturated carbocycles. The van der Waals surface area contributed by atoms with Crippen molar-refractivity contribution in [2.75, 3.05) is 11.9 Å². The highest BCUT2D eigenvalue weighted by atomic mass is 35.5. The number of ether oxygens (including phenoxy) is 1. The number of anilines is 1. The molecule has 0 radical (unpaired) electrons. The van der Waals surface area contributed by atoms with Crippen LogP contribution in [0.4, 0.5) is 11.6 Å². The van der Waals surface area contributed by atoms with Crippen molar-refractivity contribution in [1.29, 1.82) is 0 Å². The van der Waals surface area contributed by atoms with Crippen LogP contribution < -0.4 is 5.32 Å². The largest absolute Gasteiger partial charge is 0.463 e. The quantitative estimate of drug-likeness (QED) is 0.442. The van der Waals surface area contributed by atoms with Crippen molar-refractivity contribution < 1.29 is 14.5 Å². The third-order valence-corrected chi connectivity index (χ3v) is 4.67. The first-order valence-corrected chi connectivity index (χ1v) is 9.29. The number of carbonyl (C=O) groups is 1. The van der Waals surface area contributed by atoms with Gasteiger partial charge in [0.2, 0.25) is 5.95 Å². The second-order valence-corrected chi connectivity index (χ2v) is 6.69. The molecule has 0 saturated heterocycles. The second kappa shape index (κ2) is 7.97. The maximum atomic E-state index is 12.9. The van der Waals surface area contributed by atoms with E-state index in [-0.39, 0.29) is 17.3 Å². The molecule has 1 aromatic heterocycles. The molecular formula is C18H20ClN5O4. The number of fused-ring (bicyclic) bond motifs is 1. The SMILES string of the molecule is CCCC1=C(C(=O)OCC)[C@H](c2cc([N+](=O)[O-])ccc2Cl)n2nc(C)nc2N1. The Kier molecular flexibility index (Phi) is 5.64. The molecule has 0 unspecified atom stereocenters. The number of aryl methyl sites for hydroxylation is 1. The zero-order valence-corrected chi connectivity index (χ0v) is 16.5. The molecule has 0 spiro atoms. The van der Waals surface area contributed by atoms with Gasteiger partial charge in [-0.05, 0) is 26.3 Å². The Morgan fingerprint density at radius 3 is 2.82 bits per heavy atom. The Morgan fingerprint density at radius 2 is 2.18 bits per heavy atom. The third kappa shape index (κ3) is 3.57. The van der Waals surface area contributed by atoms with Gasteiger partial charge in [0.15, 0.2) is 0 Å². The topological polar surface area (TPSA) is 112 Å². The monoisotopic (exact) mass is 405 g/mol. The molecule has 148 valence electrons. The van der Waals surface area contributed by atoms with Gasteiger partial charge in [0.1, 0.15) is 11.9 Å². The lowest BCUT2D eigenvalue weighted by molar-refractivity contribution is -0.384. The van der Waals surface area contributed by atoms with E-state index < -0.39 is 16.9 Å². The maximum Gasteiger partial charge on any atom is 0.338 e. The van der Waals surface area contributed by atoms with Gasteiger partial charge in [0.25, 0.3) is 5.69 Å². The molecule has 2 aromatic rings. The van der Waals surface area contributed by atoms with Crippen LogP contribution in [-0.4, -0.2) is 32.3 Å². The number of nitrogens with one attached hydrogen (secondary N) is 1. The Balaban J connectivity index is 2.28. The molecule has 1 N–H and O–H groups in total. The van der Waals surface area contributed by atoms with Crippen molar-refractivity contribution >= 4 is 29.2 Å². The fourth-order valence-corrected chi connectivity index (χ4v) is 3.44. The average Bonchev–Trinajstić information content (AvgIpc) is 3.01. The summed E-state index contributed by atoms with van der Waals surface area (Å²) in [5, 5.41) is 19.1. The molecule has 0 amide bonds. The third-order valence-electron chi connectivity index (χ3n) is 4.32. The number of hydrogen-bond donors (Lipinski definition) is 1. The van der Waals surface area contributed by atoms with Crippen LogP contribution in [0.25, 0.3) is 0 Å². The number of benzene rings is 1. The van der Waals surface area contributed by atoms with Gasteiger partial charge < -0.3 is 10.1 Å². The normalized spacial score (nSPS) is 15.8. The number of rotatable bonds is 6. The summed E-state index contributed by atoms with van der Waals surface area (Å²) < 4.78 is 6.79. The molecule has 10 heteroatoms. The van der Waals surface area contributed by atoms with Gasteiger partial charge >= 0.3 is 5.97 Å². The summed E-state index contributed by atoms with van der Waals surface area (Å²) >= 11 is 6.40. The molecule has 3 rings (SSSR count). The number of carbonyl (C=O) groups excluding carboxylic acids is 1. The maximum absolute atomic E-state index is 12.9. The first-order valence-electron chi connectivity index (χ1n) is 8.91. The van der Waals surface area contributed by atoms with E-state index in [2.05, 4.69) is 15.4 Å². The van der Waals surface area contributed by atoms with E-state index in [1.807, 2.05) is 6.92 Å². The number of non-ortho nitro benzene ring substituents is 1. The smallest absolute Gasteiger partial charge is 0.338 e. The van der Waals surface area contributed by atoms with Crippen molar-refractivity contribution in [3.63, 3.8) is 0 Å². The molecule has 1 atom stereocenters. The Bertz CT molecular complexity index is 969. The van der Waals surface area contributed by atoms with Crippen LogP contribution in [0.1, 0.15) is 44.1 Å². The summed E-state index contributed by atoms with van der Waals surface area (Å²) in [5.74, 6) is 0.418. The Hall–Kier alpha value is -2.94. The van der Waals surface area contributed by atoms with Gasteiger partial charge in [-0.15, -0.1) is 0 Å². The predicted octanol–water partition coefficient (Wildman–Crippen LogP) is 3.78. The van der Waals surface area contributed by atoms with Crippen LogP contribution in [0, 0.1) is 17.0 Å². The van der Waals surface area contributed by atoms with E-state index >= 15 is 0 Å². The zero-order valence-electron chi connectivity index (χ0n) is 15.7. The van der Waals surface area contributed by atoms with E-state index in [1.165, 1.54) is 22.9 Å². The molecule has 0 fully saturated rings. The van der Waals surface area contributed by atoms with Crippen LogP contribution in [-0.2, 0) is 9.53 Å². The number of nitro benzene ring substituents is 1. The van der Waals surface area contributed by atoms with Crippen molar-refractivity contribution in [3.05, 3.63) is 56.0 Å². The number of allylic oxidation sites excluding steroid dienone is 1. The fourth-order valence-electron chi connectivity index (χ4n) is 3.22. The number of hydrogen-bond acceptors (Lipinski definition) is 7. The number of halogens is 1. The molecule has 1 aliphatic heterocycles. The van der Waals surface area contributed by atoms with E-state index in [4.69, 9.17) is 16.3 Å². The first kappa shape index (κ1) is 19.8. The zero-order chi connectivity index (χ0) is 20.4. The lowest BCUT2D eigenvalue weighted by Crippen LogP contribution is -2.30. The highest BCUT2D eigenvalue weighted by Gasteiger charge is 2.37. The standard InChI is InChI=1S/C18H20ClN5O4/c1-4-6-14-15(17(25)28-5-2)16(23-18(21-14)20-10(3)22-23)12-9-11(24(26)27)7-8-13(12)19/h7-9,16H,4-6H2,1-3H3,(H,20,21,22)/t16-/m0/s1. The van der Waals surface area contributed by atoms with Gasteiger partial charge in [0, 0.05) is 28.4 Å². The first-order chi connectivity index (χ1) is 13.4. The minimum Gasteiger partial charge on any atom is -0.463 e. The van der Waals surface area contributed by atoms with Crippen LogP contribution in [0.5, 0.6) is 0 Å².